The van der Waals surface area contributed by atoms with Crippen molar-refractivity contribution in [1.82, 2.24) is 0 Å². The van der Waals surface area contributed by atoms with Crippen LogP contribution in [0.15, 0.2) is 24.3 Å². The molecule has 0 saturated heterocycles. The minimum atomic E-state index is -0.680. The molecule has 0 unspecified atom stereocenters. The molecule has 6 nitrogen and oxygen atoms in total. The molecule has 2 N–H and O–H groups in total. The van der Waals surface area contributed by atoms with Crippen LogP contribution in [0.25, 0.3) is 0 Å². The van der Waals surface area contributed by atoms with Crippen molar-refractivity contribution < 1.29 is 23.8 Å². The maximum Gasteiger partial charge on any atom is 0.309 e. The van der Waals surface area contributed by atoms with Crippen LogP contribution in [0.3, 0.4) is 0 Å². The Morgan fingerprint density at radius 1 is 1.11 bits per heavy atom. The van der Waals surface area contributed by atoms with Crippen LogP contribution < -0.4 is 15.2 Å². The number of hydrogen-bond acceptors (Lipinski definition) is 5. The Kier molecular flexibility index (Phi) is 6.21. The summed E-state index contributed by atoms with van der Waals surface area (Å²) in [5.74, 6) is 0.187. The largest absolute Gasteiger partial charge is 0.494 e. The lowest BCUT2D eigenvalue weighted by atomic mass is 10.3. The number of esters is 1. The van der Waals surface area contributed by atoms with Crippen molar-refractivity contribution in [3.63, 3.8) is 0 Å². The van der Waals surface area contributed by atoms with Gasteiger partial charge in [-0.2, -0.15) is 0 Å². The Morgan fingerprint density at radius 3 is 2.21 bits per heavy atom. The predicted molar refractivity (Wildman–Crippen MR) is 67.9 cm³/mol. The van der Waals surface area contributed by atoms with Crippen LogP contribution in [0, 0.1) is 0 Å². The third-order valence-corrected chi connectivity index (χ3v) is 2.09. The molecule has 0 saturated carbocycles. The van der Waals surface area contributed by atoms with Crippen molar-refractivity contribution in [2.45, 2.75) is 13.3 Å². The fourth-order valence-electron chi connectivity index (χ4n) is 1.27. The van der Waals surface area contributed by atoms with Gasteiger partial charge >= 0.3 is 5.97 Å². The summed E-state index contributed by atoms with van der Waals surface area (Å²) in [5.41, 5.74) is 4.84. The number of ether oxygens (including phenoxy) is 3. The van der Waals surface area contributed by atoms with Crippen LogP contribution >= 0.6 is 0 Å². The second kappa shape index (κ2) is 7.97. The molecule has 0 heterocycles. The van der Waals surface area contributed by atoms with Crippen molar-refractivity contribution in [3.05, 3.63) is 24.3 Å². The molecule has 1 rings (SSSR count). The van der Waals surface area contributed by atoms with E-state index in [1.165, 1.54) is 0 Å². The van der Waals surface area contributed by atoms with Crippen LogP contribution in [0.1, 0.15) is 13.3 Å². The van der Waals surface area contributed by atoms with Gasteiger partial charge in [0.15, 0.2) is 6.61 Å². The molecule has 0 radical (unpaired) electrons. The van der Waals surface area contributed by atoms with Crippen molar-refractivity contribution in [2.75, 3.05) is 19.8 Å². The number of carbonyl (C=O) groups is 2. The van der Waals surface area contributed by atoms with Crippen molar-refractivity contribution in [3.8, 4) is 11.5 Å². The topological polar surface area (TPSA) is 87.8 Å². The first-order chi connectivity index (χ1) is 9.11. The Labute approximate surface area is 111 Å². The molecule has 0 aliphatic rings. The van der Waals surface area contributed by atoms with Gasteiger partial charge in [-0.3, -0.25) is 9.59 Å². The van der Waals surface area contributed by atoms with Crippen LogP contribution in [-0.4, -0.2) is 31.7 Å². The van der Waals surface area contributed by atoms with Crippen LogP contribution in [-0.2, 0) is 14.3 Å². The lowest BCUT2D eigenvalue weighted by molar-refractivity contribution is -0.148. The summed E-state index contributed by atoms with van der Waals surface area (Å²) in [4.78, 5) is 21.5. The molecular weight excluding hydrogens is 250 g/mol. The van der Waals surface area contributed by atoms with Gasteiger partial charge in [-0.1, -0.05) is 0 Å². The SMILES string of the molecule is CCOc1ccc(OCCC(=O)OCC(N)=O)cc1. The van der Waals surface area contributed by atoms with Gasteiger partial charge in [0.25, 0.3) is 5.91 Å². The van der Waals surface area contributed by atoms with Crippen LogP contribution in [0.2, 0.25) is 0 Å². The van der Waals surface area contributed by atoms with E-state index >= 15 is 0 Å². The highest BCUT2D eigenvalue weighted by Gasteiger charge is 2.05. The van der Waals surface area contributed by atoms with Gasteiger partial charge in [0, 0.05) is 0 Å². The molecule has 0 aromatic heterocycles. The van der Waals surface area contributed by atoms with E-state index in [2.05, 4.69) is 4.74 Å². The number of carbonyl (C=O) groups excluding carboxylic acids is 2. The molecule has 1 aromatic rings. The molecule has 0 aliphatic heterocycles. The second-order valence-electron chi connectivity index (χ2n) is 3.63. The quantitative estimate of drug-likeness (QED) is 0.706. The molecule has 19 heavy (non-hydrogen) atoms. The van der Waals surface area contributed by atoms with E-state index in [0.717, 1.165) is 5.75 Å². The maximum atomic E-state index is 11.1. The summed E-state index contributed by atoms with van der Waals surface area (Å²) in [6.45, 7) is 2.28. The average molecular weight is 267 g/mol. The Hall–Kier alpha value is -2.24. The number of nitrogens with two attached hydrogens (primary N) is 1. The minimum absolute atomic E-state index is 0.0560. The van der Waals surface area contributed by atoms with E-state index in [1.807, 2.05) is 6.92 Å². The summed E-state index contributed by atoms with van der Waals surface area (Å²) >= 11 is 0. The monoisotopic (exact) mass is 267 g/mol. The zero-order valence-electron chi connectivity index (χ0n) is 10.8. The molecule has 0 fully saturated rings. The predicted octanol–water partition coefficient (Wildman–Crippen LogP) is 0.883. The van der Waals surface area contributed by atoms with Crippen LogP contribution in [0.4, 0.5) is 0 Å². The normalized spacial score (nSPS) is 9.74. The first kappa shape index (κ1) is 14.8. The van der Waals surface area contributed by atoms with E-state index in [0.29, 0.717) is 12.4 Å². The van der Waals surface area contributed by atoms with Gasteiger partial charge in [-0.05, 0) is 31.2 Å². The zero-order valence-corrected chi connectivity index (χ0v) is 10.8. The van der Waals surface area contributed by atoms with Gasteiger partial charge < -0.3 is 19.9 Å². The minimum Gasteiger partial charge on any atom is -0.494 e. The van der Waals surface area contributed by atoms with Gasteiger partial charge in [0.1, 0.15) is 11.5 Å². The van der Waals surface area contributed by atoms with E-state index in [-0.39, 0.29) is 13.0 Å². The third-order valence-electron chi connectivity index (χ3n) is 2.09. The summed E-state index contributed by atoms with van der Waals surface area (Å²) < 4.78 is 15.2. The molecule has 1 aromatic carbocycles. The Bertz CT molecular complexity index is 416. The average Bonchev–Trinajstić information content (AvgIpc) is 2.39. The lowest BCUT2D eigenvalue weighted by Gasteiger charge is -2.07. The molecule has 1 amide bonds. The zero-order chi connectivity index (χ0) is 14.1. The second-order valence-corrected chi connectivity index (χ2v) is 3.63. The molecule has 0 bridgehead atoms. The Balaban J connectivity index is 2.25. The number of amides is 1. The van der Waals surface area contributed by atoms with Crippen molar-refractivity contribution in [2.24, 2.45) is 5.73 Å². The number of primary amides is 1. The maximum absolute atomic E-state index is 11.1. The highest BCUT2D eigenvalue weighted by atomic mass is 16.5. The molecule has 6 heteroatoms. The van der Waals surface area contributed by atoms with E-state index in [1.54, 1.807) is 24.3 Å². The molecule has 0 aliphatic carbocycles. The number of benzene rings is 1. The lowest BCUT2D eigenvalue weighted by Crippen LogP contribution is -2.21. The fourth-order valence-corrected chi connectivity index (χ4v) is 1.27. The molecule has 0 spiro atoms. The third kappa shape index (κ3) is 6.30. The summed E-state index contributed by atoms with van der Waals surface area (Å²) in [6, 6.07) is 7.06. The van der Waals surface area contributed by atoms with E-state index < -0.39 is 18.5 Å². The van der Waals surface area contributed by atoms with Gasteiger partial charge in [0.2, 0.25) is 0 Å². The Morgan fingerprint density at radius 2 is 1.68 bits per heavy atom. The smallest absolute Gasteiger partial charge is 0.309 e. The van der Waals surface area contributed by atoms with Gasteiger partial charge in [0.05, 0.1) is 19.6 Å². The molecular formula is C13H17NO5. The number of hydrogen-bond donors (Lipinski definition) is 1. The highest BCUT2D eigenvalue weighted by Crippen LogP contribution is 2.17. The van der Waals surface area contributed by atoms with Crippen molar-refractivity contribution >= 4 is 11.9 Å². The first-order valence-corrected chi connectivity index (χ1v) is 5.91. The van der Waals surface area contributed by atoms with Gasteiger partial charge in [-0.25, -0.2) is 0 Å². The summed E-state index contributed by atoms with van der Waals surface area (Å²) in [7, 11) is 0. The van der Waals surface area contributed by atoms with E-state index in [9.17, 15) is 9.59 Å². The summed E-state index contributed by atoms with van der Waals surface area (Å²) in [6.07, 6.45) is 0.0560. The van der Waals surface area contributed by atoms with Gasteiger partial charge in [-0.15, -0.1) is 0 Å². The molecule has 0 atom stereocenters. The van der Waals surface area contributed by atoms with Crippen molar-refractivity contribution in [1.29, 1.82) is 0 Å². The van der Waals surface area contributed by atoms with Crippen LogP contribution in [0.5, 0.6) is 11.5 Å². The van der Waals surface area contributed by atoms with E-state index in [4.69, 9.17) is 15.2 Å². The number of rotatable bonds is 8. The standard InChI is InChI=1S/C13H17NO5/c1-2-17-10-3-5-11(6-4-10)18-8-7-13(16)19-9-12(14)15/h3-6H,2,7-9H2,1H3,(H2,14,15). The highest BCUT2D eigenvalue weighted by molar-refractivity contribution is 5.78. The first-order valence-electron chi connectivity index (χ1n) is 5.91. The fraction of sp³-hybridized carbons (Fsp3) is 0.385. The summed E-state index contributed by atoms with van der Waals surface area (Å²) in [5, 5.41) is 0. The molecule has 104 valence electrons.